The number of nitrogen functional groups attached to an aromatic ring is 1. The highest BCUT2D eigenvalue weighted by atomic mass is 35.5. The van der Waals surface area contributed by atoms with Crippen LogP contribution >= 0.6 is 25.1 Å². The molecule has 0 atom stereocenters. The van der Waals surface area contributed by atoms with Crippen LogP contribution in [0.5, 0.6) is 0 Å². The van der Waals surface area contributed by atoms with Gasteiger partial charge in [0.2, 0.25) is 0 Å². The molecule has 1 rings (SSSR count). The molecule has 3 nitrogen and oxygen atoms in total. The first-order valence-electron chi connectivity index (χ1n) is 2.45. The molecule has 1 heterocycles. The van der Waals surface area contributed by atoms with E-state index in [0.29, 0.717) is 16.8 Å². The van der Waals surface area contributed by atoms with E-state index in [-0.39, 0.29) is 13.5 Å². The number of nitrogens with two attached hydrogens (primary N) is 1. The molecule has 0 aliphatic rings. The van der Waals surface area contributed by atoms with Crippen molar-refractivity contribution in [3.05, 3.63) is 17.0 Å². The molecule has 0 amide bonds. The van der Waals surface area contributed by atoms with Crippen LogP contribution in [-0.2, 0) is 0 Å². The zero-order valence-corrected chi connectivity index (χ0v) is 7.18. The molecule has 1 aromatic heterocycles. The molecule has 0 aliphatic carbocycles. The highest BCUT2D eigenvalue weighted by molar-refractivity contribution is 7.59. The number of aryl methyl sites for hydroxylation is 1. The molecule has 0 bridgehead atoms. The van der Waals surface area contributed by atoms with Crippen LogP contribution in [-0.4, -0.2) is 9.97 Å². The van der Waals surface area contributed by atoms with Gasteiger partial charge >= 0.3 is 0 Å². The quantitative estimate of drug-likeness (QED) is 0.605. The molecule has 0 radical (unpaired) electrons. The SMILES string of the molecule is Cc1nc(N)cc(Cl)n1.S. The molecule has 0 fully saturated rings. The summed E-state index contributed by atoms with van der Waals surface area (Å²) in [6.07, 6.45) is 0. The summed E-state index contributed by atoms with van der Waals surface area (Å²) in [7, 11) is 0. The van der Waals surface area contributed by atoms with Crippen LogP contribution in [0.2, 0.25) is 5.15 Å². The van der Waals surface area contributed by atoms with Crippen molar-refractivity contribution < 1.29 is 0 Å². The lowest BCUT2D eigenvalue weighted by molar-refractivity contribution is 1.06. The van der Waals surface area contributed by atoms with E-state index in [1.807, 2.05) is 0 Å². The summed E-state index contributed by atoms with van der Waals surface area (Å²) in [5.41, 5.74) is 5.32. The van der Waals surface area contributed by atoms with E-state index in [9.17, 15) is 0 Å². The van der Waals surface area contributed by atoms with E-state index in [4.69, 9.17) is 17.3 Å². The Bertz CT molecular complexity index is 178. The number of aromatic nitrogens is 2. The van der Waals surface area contributed by atoms with Crippen LogP contribution < -0.4 is 5.73 Å². The molecule has 0 saturated heterocycles. The lowest BCUT2D eigenvalue weighted by atomic mass is 10.5. The summed E-state index contributed by atoms with van der Waals surface area (Å²) in [5.74, 6) is 1.01. The van der Waals surface area contributed by atoms with Crippen molar-refractivity contribution in [2.75, 3.05) is 5.73 Å². The molecule has 0 aromatic carbocycles. The van der Waals surface area contributed by atoms with Gasteiger partial charge in [0.25, 0.3) is 0 Å². The third kappa shape index (κ3) is 2.41. The first-order chi connectivity index (χ1) is 4.18. The first-order valence-corrected chi connectivity index (χ1v) is 2.83. The van der Waals surface area contributed by atoms with E-state index in [0.717, 1.165) is 0 Å². The molecule has 10 heavy (non-hydrogen) atoms. The minimum atomic E-state index is 0. The summed E-state index contributed by atoms with van der Waals surface area (Å²) in [5, 5.41) is 0.389. The standard InChI is InChI=1S/C5H6ClN3.H2S/c1-3-8-4(6)2-5(7)9-3;/h2H,1H3,(H2,7,8,9);1H2. The van der Waals surface area contributed by atoms with Gasteiger partial charge in [0.1, 0.15) is 16.8 Å². The summed E-state index contributed by atoms with van der Waals surface area (Å²) in [4.78, 5) is 7.63. The highest BCUT2D eigenvalue weighted by Crippen LogP contribution is 2.06. The number of rotatable bonds is 0. The number of halogens is 1. The Morgan fingerprint density at radius 3 is 2.50 bits per heavy atom. The van der Waals surface area contributed by atoms with Crippen molar-refractivity contribution in [2.24, 2.45) is 0 Å². The van der Waals surface area contributed by atoms with Crippen LogP contribution in [0.15, 0.2) is 6.07 Å². The molecule has 0 spiro atoms. The zero-order valence-electron chi connectivity index (χ0n) is 5.43. The molecule has 2 N–H and O–H groups in total. The van der Waals surface area contributed by atoms with E-state index < -0.39 is 0 Å². The predicted molar refractivity (Wildman–Crippen MR) is 46.6 cm³/mol. The fourth-order valence-corrected chi connectivity index (χ4v) is 0.787. The van der Waals surface area contributed by atoms with Crippen LogP contribution in [0.3, 0.4) is 0 Å². The third-order valence-corrected chi connectivity index (χ3v) is 1.02. The van der Waals surface area contributed by atoms with Crippen LogP contribution in [0.25, 0.3) is 0 Å². The van der Waals surface area contributed by atoms with Crippen LogP contribution in [0.4, 0.5) is 5.82 Å². The van der Waals surface area contributed by atoms with E-state index >= 15 is 0 Å². The molecule has 0 saturated carbocycles. The number of hydrogen-bond acceptors (Lipinski definition) is 3. The Morgan fingerprint density at radius 1 is 1.50 bits per heavy atom. The van der Waals surface area contributed by atoms with Gasteiger partial charge in [0.15, 0.2) is 0 Å². The Morgan fingerprint density at radius 2 is 2.10 bits per heavy atom. The summed E-state index contributed by atoms with van der Waals surface area (Å²) >= 11 is 5.52. The van der Waals surface area contributed by atoms with Gasteiger partial charge in [0, 0.05) is 6.07 Å². The maximum absolute atomic E-state index is 5.52. The normalized spacial score (nSPS) is 8.60. The van der Waals surface area contributed by atoms with E-state index in [1.54, 1.807) is 6.92 Å². The monoisotopic (exact) mass is 177 g/mol. The second kappa shape index (κ2) is 3.63. The van der Waals surface area contributed by atoms with Crippen molar-refractivity contribution in [1.82, 2.24) is 9.97 Å². The van der Waals surface area contributed by atoms with Gasteiger partial charge < -0.3 is 5.73 Å². The Hall–Kier alpha value is -0.480. The predicted octanol–water partition coefficient (Wildman–Crippen LogP) is 1.13. The molecule has 0 unspecified atom stereocenters. The summed E-state index contributed by atoms with van der Waals surface area (Å²) in [6, 6.07) is 1.51. The van der Waals surface area contributed by atoms with Gasteiger partial charge in [0.05, 0.1) is 0 Å². The molecule has 56 valence electrons. The Kier molecular flexibility index (Phi) is 3.46. The molecular formula is C5H8ClN3S. The molecular weight excluding hydrogens is 170 g/mol. The summed E-state index contributed by atoms with van der Waals surface area (Å²) < 4.78 is 0. The Labute approximate surface area is 71.1 Å². The van der Waals surface area contributed by atoms with Crippen molar-refractivity contribution in [3.63, 3.8) is 0 Å². The molecule has 5 heteroatoms. The lowest BCUT2D eigenvalue weighted by Gasteiger charge is -1.93. The summed E-state index contributed by atoms with van der Waals surface area (Å²) in [6.45, 7) is 1.74. The van der Waals surface area contributed by atoms with Crippen LogP contribution in [0.1, 0.15) is 5.82 Å². The largest absolute Gasteiger partial charge is 0.384 e. The average molecular weight is 178 g/mol. The van der Waals surface area contributed by atoms with Gasteiger partial charge in [-0.15, -0.1) is 0 Å². The minimum absolute atomic E-state index is 0. The number of nitrogens with zero attached hydrogens (tertiary/aromatic N) is 2. The maximum atomic E-state index is 5.52. The van der Waals surface area contributed by atoms with Crippen molar-refractivity contribution >= 4 is 30.9 Å². The second-order valence-electron chi connectivity index (χ2n) is 1.66. The second-order valence-corrected chi connectivity index (χ2v) is 2.05. The van der Waals surface area contributed by atoms with Gasteiger partial charge in [-0.3, -0.25) is 0 Å². The van der Waals surface area contributed by atoms with Gasteiger partial charge in [-0.1, -0.05) is 11.6 Å². The number of hydrogen-bond donors (Lipinski definition) is 1. The lowest BCUT2D eigenvalue weighted by Crippen LogP contribution is -1.94. The fraction of sp³-hybridized carbons (Fsp3) is 0.200. The highest BCUT2D eigenvalue weighted by Gasteiger charge is 1.92. The maximum Gasteiger partial charge on any atom is 0.134 e. The minimum Gasteiger partial charge on any atom is -0.384 e. The van der Waals surface area contributed by atoms with Crippen LogP contribution in [0, 0.1) is 6.92 Å². The van der Waals surface area contributed by atoms with Gasteiger partial charge in [-0.2, -0.15) is 13.5 Å². The fourth-order valence-electron chi connectivity index (χ4n) is 0.553. The molecule has 1 aromatic rings. The van der Waals surface area contributed by atoms with Gasteiger partial charge in [-0.25, -0.2) is 9.97 Å². The topological polar surface area (TPSA) is 51.8 Å². The van der Waals surface area contributed by atoms with E-state index in [2.05, 4.69) is 9.97 Å². The zero-order chi connectivity index (χ0) is 6.85. The molecule has 0 aliphatic heterocycles. The van der Waals surface area contributed by atoms with Crippen molar-refractivity contribution in [2.45, 2.75) is 6.92 Å². The van der Waals surface area contributed by atoms with E-state index in [1.165, 1.54) is 6.07 Å². The smallest absolute Gasteiger partial charge is 0.134 e. The number of anilines is 1. The van der Waals surface area contributed by atoms with Crippen molar-refractivity contribution in [3.8, 4) is 0 Å². The van der Waals surface area contributed by atoms with Crippen molar-refractivity contribution in [1.29, 1.82) is 0 Å². The third-order valence-electron chi connectivity index (χ3n) is 0.827. The average Bonchev–Trinajstić information content (AvgIpc) is 1.59. The van der Waals surface area contributed by atoms with Gasteiger partial charge in [-0.05, 0) is 6.92 Å². The first kappa shape index (κ1) is 9.52. The Balaban J connectivity index is 0.000000810.